The van der Waals surface area contributed by atoms with E-state index in [1.165, 1.54) is 24.0 Å². The van der Waals surface area contributed by atoms with E-state index in [9.17, 15) is 0 Å². The van der Waals surface area contributed by atoms with Gasteiger partial charge in [0.15, 0.2) is 0 Å². The van der Waals surface area contributed by atoms with E-state index in [-0.39, 0.29) is 0 Å². The molecule has 1 fully saturated rings. The van der Waals surface area contributed by atoms with Crippen molar-refractivity contribution in [2.45, 2.75) is 52.5 Å². The van der Waals surface area contributed by atoms with Gasteiger partial charge in [0, 0.05) is 23.8 Å². The summed E-state index contributed by atoms with van der Waals surface area (Å²) in [5, 5.41) is 0. The summed E-state index contributed by atoms with van der Waals surface area (Å²) < 4.78 is 0. The summed E-state index contributed by atoms with van der Waals surface area (Å²) in [6.45, 7) is 9.91. The molecule has 0 N–H and O–H groups in total. The zero-order valence-electron chi connectivity index (χ0n) is 11.8. The van der Waals surface area contributed by atoms with Crippen molar-refractivity contribution in [2.24, 2.45) is 5.92 Å². The van der Waals surface area contributed by atoms with Gasteiger partial charge in [-0.2, -0.15) is 0 Å². The molecule has 0 aliphatic carbocycles. The van der Waals surface area contributed by atoms with Gasteiger partial charge < -0.3 is 4.90 Å². The van der Waals surface area contributed by atoms with Crippen molar-refractivity contribution >= 4 is 17.4 Å². The summed E-state index contributed by atoms with van der Waals surface area (Å²) in [5.74, 6) is 2.40. The molecular weight excluding hydrogens is 244 g/mol. The van der Waals surface area contributed by atoms with Crippen molar-refractivity contribution in [3.63, 3.8) is 0 Å². The van der Waals surface area contributed by atoms with E-state index in [4.69, 9.17) is 16.6 Å². The van der Waals surface area contributed by atoms with Crippen molar-refractivity contribution in [1.82, 2.24) is 4.98 Å². The number of hydrogen-bond acceptors (Lipinski definition) is 2. The fourth-order valence-corrected chi connectivity index (χ4v) is 3.16. The molecule has 0 radical (unpaired) electrons. The third-order valence-electron chi connectivity index (χ3n) is 3.98. The van der Waals surface area contributed by atoms with Crippen LogP contribution < -0.4 is 4.90 Å². The number of aromatic nitrogens is 1. The SMILES string of the molecule is Cc1cc(C)c(CCl)c(N2CC(C)CCC2C)n1. The highest BCUT2D eigenvalue weighted by molar-refractivity contribution is 6.17. The van der Waals surface area contributed by atoms with Crippen LogP contribution in [0, 0.1) is 19.8 Å². The van der Waals surface area contributed by atoms with Gasteiger partial charge in [0.25, 0.3) is 0 Å². The molecule has 2 heterocycles. The maximum atomic E-state index is 6.13. The highest BCUT2D eigenvalue weighted by Gasteiger charge is 2.26. The van der Waals surface area contributed by atoms with Crippen LogP contribution in [0.4, 0.5) is 5.82 Å². The van der Waals surface area contributed by atoms with Crippen molar-refractivity contribution in [1.29, 1.82) is 0 Å². The molecule has 1 aromatic heterocycles. The third-order valence-corrected chi connectivity index (χ3v) is 4.24. The Balaban J connectivity index is 2.42. The van der Waals surface area contributed by atoms with Crippen molar-refractivity contribution in [2.75, 3.05) is 11.4 Å². The minimum atomic E-state index is 0.548. The molecule has 0 saturated carbocycles. The maximum absolute atomic E-state index is 6.13. The van der Waals surface area contributed by atoms with E-state index in [1.807, 2.05) is 0 Å². The zero-order chi connectivity index (χ0) is 13.3. The molecule has 1 saturated heterocycles. The van der Waals surface area contributed by atoms with E-state index in [0.717, 1.165) is 24.0 Å². The number of hydrogen-bond donors (Lipinski definition) is 0. The third kappa shape index (κ3) is 2.64. The monoisotopic (exact) mass is 266 g/mol. The van der Waals surface area contributed by atoms with Crippen LogP contribution in [0.5, 0.6) is 0 Å². The van der Waals surface area contributed by atoms with Crippen LogP contribution in [0.25, 0.3) is 0 Å². The molecule has 0 spiro atoms. The van der Waals surface area contributed by atoms with Gasteiger partial charge in [-0.05, 0) is 51.2 Å². The summed E-state index contributed by atoms with van der Waals surface area (Å²) in [6.07, 6.45) is 2.57. The number of halogens is 1. The lowest BCUT2D eigenvalue weighted by Gasteiger charge is -2.39. The van der Waals surface area contributed by atoms with Crippen LogP contribution in [0.2, 0.25) is 0 Å². The number of rotatable bonds is 2. The number of alkyl halides is 1. The summed E-state index contributed by atoms with van der Waals surface area (Å²) in [7, 11) is 0. The summed E-state index contributed by atoms with van der Waals surface area (Å²) in [4.78, 5) is 7.21. The maximum Gasteiger partial charge on any atom is 0.133 e. The average molecular weight is 267 g/mol. The molecule has 2 nitrogen and oxygen atoms in total. The van der Waals surface area contributed by atoms with Crippen molar-refractivity contribution < 1.29 is 0 Å². The summed E-state index contributed by atoms with van der Waals surface area (Å²) >= 11 is 6.13. The van der Waals surface area contributed by atoms with Gasteiger partial charge in [-0.3, -0.25) is 0 Å². The predicted octanol–water partition coefficient (Wildman–Crippen LogP) is 4.06. The Hall–Kier alpha value is -0.760. The lowest BCUT2D eigenvalue weighted by atomic mass is 9.94. The minimum absolute atomic E-state index is 0.548. The Labute approximate surface area is 115 Å². The van der Waals surface area contributed by atoms with Crippen LogP contribution in [0.1, 0.15) is 43.5 Å². The predicted molar refractivity (Wildman–Crippen MR) is 78.5 cm³/mol. The van der Waals surface area contributed by atoms with Gasteiger partial charge in [-0.15, -0.1) is 11.6 Å². The molecule has 1 aliphatic heterocycles. The molecule has 3 heteroatoms. The first-order valence-corrected chi connectivity index (χ1v) is 7.36. The smallest absolute Gasteiger partial charge is 0.133 e. The Morgan fingerprint density at radius 2 is 2.06 bits per heavy atom. The Morgan fingerprint density at radius 1 is 1.33 bits per heavy atom. The van der Waals surface area contributed by atoms with Gasteiger partial charge in [0.05, 0.1) is 5.88 Å². The second-order valence-corrected chi connectivity index (χ2v) is 5.97. The highest BCUT2D eigenvalue weighted by Crippen LogP contribution is 2.31. The molecule has 0 bridgehead atoms. The average Bonchev–Trinajstić information content (AvgIpc) is 2.31. The van der Waals surface area contributed by atoms with E-state index in [2.05, 4.69) is 38.7 Å². The zero-order valence-corrected chi connectivity index (χ0v) is 12.6. The van der Waals surface area contributed by atoms with Crippen LogP contribution >= 0.6 is 11.6 Å². The number of anilines is 1. The largest absolute Gasteiger partial charge is 0.353 e. The number of aryl methyl sites for hydroxylation is 2. The Morgan fingerprint density at radius 3 is 2.72 bits per heavy atom. The first-order valence-electron chi connectivity index (χ1n) is 6.82. The fourth-order valence-electron chi connectivity index (χ4n) is 2.83. The van der Waals surface area contributed by atoms with E-state index >= 15 is 0 Å². The van der Waals surface area contributed by atoms with Gasteiger partial charge in [0.2, 0.25) is 0 Å². The second-order valence-electron chi connectivity index (χ2n) is 5.70. The first-order chi connectivity index (χ1) is 8.52. The molecule has 1 aliphatic rings. The van der Waals surface area contributed by atoms with Crippen LogP contribution in [-0.4, -0.2) is 17.6 Å². The first kappa shape index (κ1) is 13.7. The van der Waals surface area contributed by atoms with Crippen molar-refractivity contribution in [3.8, 4) is 0 Å². The van der Waals surface area contributed by atoms with E-state index in [1.54, 1.807) is 0 Å². The van der Waals surface area contributed by atoms with Crippen LogP contribution in [-0.2, 0) is 5.88 Å². The molecule has 1 aromatic rings. The van der Waals surface area contributed by atoms with Gasteiger partial charge in [-0.25, -0.2) is 4.98 Å². The molecule has 18 heavy (non-hydrogen) atoms. The summed E-state index contributed by atoms with van der Waals surface area (Å²) in [6, 6.07) is 2.69. The fraction of sp³-hybridized carbons (Fsp3) is 0.667. The lowest BCUT2D eigenvalue weighted by molar-refractivity contribution is 0.387. The standard InChI is InChI=1S/C15H23ClN2/c1-10-5-6-13(4)18(9-10)15-14(8-16)11(2)7-12(3)17-15/h7,10,13H,5-6,8-9H2,1-4H3. The minimum Gasteiger partial charge on any atom is -0.353 e. The lowest BCUT2D eigenvalue weighted by Crippen LogP contribution is -2.42. The van der Waals surface area contributed by atoms with Crippen molar-refractivity contribution in [3.05, 3.63) is 22.9 Å². The molecule has 0 amide bonds. The topological polar surface area (TPSA) is 16.1 Å². The van der Waals surface area contributed by atoms with Crippen LogP contribution in [0.3, 0.4) is 0 Å². The van der Waals surface area contributed by atoms with Gasteiger partial charge >= 0.3 is 0 Å². The number of pyridine rings is 1. The Bertz CT molecular complexity index is 431. The number of nitrogens with zero attached hydrogens (tertiary/aromatic N) is 2. The molecular formula is C15H23ClN2. The van der Waals surface area contributed by atoms with Crippen LogP contribution in [0.15, 0.2) is 6.07 Å². The van der Waals surface area contributed by atoms with Gasteiger partial charge in [0.1, 0.15) is 5.82 Å². The normalized spacial score (nSPS) is 24.4. The number of piperidine rings is 1. The van der Waals surface area contributed by atoms with E-state index in [0.29, 0.717) is 11.9 Å². The second kappa shape index (κ2) is 5.48. The Kier molecular flexibility index (Phi) is 4.16. The molecule has 2 rings (SSSR count). The molecule has 2 unspecified atom stereocenters. The molecule has 100 valence electrons. The summed E-state index contributed by atoms with van der Waals surface area (Å²) in [5.41, 5.74) is 3.54. The molecule has 2 atom stereocenters. The highest BCUT2D eigenvalue weighted by atomic mass is 35.5. The van der Waals surface area contributed by atoms with E-state index < -0.39 is 0 Å². The quantitative estimate of drug-likeness (QED) is 0.751. The molecule has 0 aromatic carbocycles. The van der Waals surface area contributed by atoms with Gasteiger partial charge in [-0.1, -0.05) is 6.92 Å².